The molecule has 0 bridgehead atoms. The average molecular weight is 628 g/mol. The van der Waals surface area contributed by atoms with Gasteiger partial charge in [0.2, 0.25) is 0 Å². The predicted molar refractivity (Wildman–Crippen MR) is 201 cm³/mol. The van der Waals surface area contributed by atoms with E-state index in [1.54, 1.807) is 0 Å². The molecule has 1 heterocycles. The lowest BCUT2D eigenvalue weighted by Crippen LogP contribution is -2.75. The zero-order valence-corrected chi connectivity index (χ0v) is 27.1. The Hall–Kier alpha value is -6.46. The van der Waals surface area contributed by atoms with Crippen molar-refractivity contribution in [2.24, 2.45) is 0 Å². The van der Waals surface area contributed by atoms with Gasteiger partial charge in [-0.25, -0.2) is 4.85 Å². The number of nitriles is 1. The SMILES string of the molecule is [C-]#[N+]c1cc(-c2ccccc2-n2c3ccccc3c3ccccc32)c(C#N)c([Si](c2ccccc2)(c2ccccc2)c2ccccc2)c1. The summed E-state index contributed by atoms with van der Waals surface area (Å²) >= 11 is 0. The van der Waals surface area contributed by atoms with Gasteiger partial charge in [0.25, 0.3) is 0 Å². The molecule has 0 unspecified atom stereocenters. The van der Waals surface area contributed by atoms with Crippen molar-refractivity contribution in [3.05, 3.63) is 193 Å². The first-order valence-corrected chi connectivity index (χ1v) is 18.0. The average Bonchev–Trinajstić information content (AvgIpc) is 3.50. The number of hydrogen-bond acceptors (Lipinski definition) is 1. The molecule has 224 valence electrons. The second kappa shape index (κ2) is 12.0. The molecule has 0 N–H and O–H groups in total. The van der Waals surface area contributed by atoms with Crippen molar-refractivity contribution in [1.29, 1.82) is 5.26 Å². The van der Waals surface area contributed by atoms with E-state index >= 15 is 0 Å². The Morgan fingerprint density at radius 2 is 0.979 bits per heavy atom. The first-order valence-electron chi connectivity index (χ1n) is 16.0. The lowest BCUT2D eigenvalue weighted by atomic mass is 9.97. The molecule has 48 heavy (non-hydrogen) atoms. The minimum atomic E-state index is -3.12. The fourth-order valence-corrected chi connectivity index (χ4v) is 12.4. The lowest BCUT2D eigenvalue weighted by Gasteiger charge is -2.36. The van der Waals surface area contributed by atoms with E-state index in [2.05, 4.69) is 149 Å². The Morgan fingerprint density at radius 3 is 1.48 bits per heavy atom. The summed E-state index contributed by atoms with van der Waals surface area (Å²) in [4.78, 5) is 4.04. The predicted octanol–water partition coefficient (Wildman–Crippen LogP) is 8.25. The van der Waals surface area contributed by atoms with Gasteiger partial charge < -0.3 is 4.57 Å². The molecule has 3 nitrogen and oxygen atoms in total. The third-order valence-electron chi connectivity index (χ3n) is 9.40. The van der Waals surface area contributed by atoms with E-state index in [1.807, 2.05) is 42.5 Å². The topological polar surface area (TPSA) is 33.1 Å². The van der Waals surface area contributed by atoms with Crippen molar-refractivity contribution in [2.75, 3.05) is 0 Å². The van der Waals surface area contributed by atoms with Crippen LogP contribution in [0.4, 0.5) is 5.69 Å². The molecule has 8 rings (SSSR count). The van der Waals surface area contributed by atoms with Gasteiger partial charge in [0.05, 0.1) is 34.9 Å². The normalized spacial score (nSPS) is 11.3. The number of rotatable bonds is 6. The number of fused-ring (bicyclic) bond motifs is 3. The molecular formula is C44H29N3Si. The van der Waals surface area contributed by atoms with Crippen molar-refractivity contribution in [3.8, 4) is 22.9 Å². The summed E-state index contributed by atoms with van der Waals surface area (Å²) < 4.78 is 2.29. The van der Waals surface area contributed by atoms with Crippen molar-refractivity contribution in [2.45, 2.75) is 0 Å². The van der Waals surface area contributed by atoms with Crippen LogP contribution in [0.25, 0.3) is 43.5 Å². The van der Waals surface area contributed by atoms with Gasteiger partial charge in [-0.1, -0.05) is 152 Å². The maximum Gasteiger partial charge on any atom is 0.187 e. The third-order valence-corrected chi connectivity index (χ3v) is 14.2. The van der Waals surface area contributed by atoms with Crippen molar-refractivity contribution < 1.29 is 0 Å². The minimum absolute atomic E-state index is 0.510. The van der Waals surface area contributed by atoms with Gasteiger partial charge in [-0.3, -0.25) is 0 Å². The summed E-state index contributed by atoms with van der Waals surface area (Å²) in [6.45, 7) is 8.31. The summed E-state index contributed by atoms with van der Waals surface area (Å²) in [6, 6.07) is 63.4. The quantitative estimate of drug-likeness (QED) is 0.104. The molecule has 0 saturated heterocycles. The Morgan fingerprint density at radius 1 is 0.521 bits per heavy atom. The molecule has 0 aliphatic rings. The van der Waals surface area contributed by atoms with Crippen LogP contribution in [0.5, 0.6) is 0 Å². The smallest absolute Gasteiger partial charge is 0.187 e. The minimum Gasteiger partial charge on any atom is -0.309 e. The number of para-hydroxylation sites is 3. The van der Waals surface area contributed by atoms with Crippen LogP contribution in [-0.4, -0.2) is 12.6 Å². The van der Waals surface area contributed by atoms with Crippen LogP contribution in [0.15, 0.2) is 176 Å². The molecule has 8 aromatic rings. The molecule has 0 aliphatic carbocycles. The van der Waals surface area contributed by atoms with Crippen LogP contribution in [0.2, 0.25) is 0 Å². The van der Waals surface area contributed by atoms with E-state index in [4.69, 9.17) is 6.57 Å². The number of nitrogens with zero attached hydrogens (tertiary/aromatic N) is 3. The molecule has 0 spiro atoms. The summed E-state index contributed by atoms with van der Waals surface area (Å²) in [7, 11) is -3.12. The van der Waals surface area contributed by atoms with Crippen LogP contribution >= 0.6 is 0 Å². The maximum atomic E-state index is 11.3. The standard InChI is InChI=1S/C44H29N3Si/c1-46-32-29-39(38-25-13-16-28-43(38)47-41-26-14-11-23-36(41)37-24-12-15-27-42(37)47)40(31-45)44(30-32)48(33-17-5-2-6-18-33,34-19-7-3-8-20-34)35-21-9-4-10-22-35/h2-30H. The Kier molecular flexibility index (Phi) is 7.27. The van der Waals surface area contributed by atoms with Gasteiger partial charge in [0.15, 0.2) is 13.8 Å². The molecule has 4 heteroatoms. The number of hydrogen-bond donors (Lipinski definition) is 0. The molecule has 1 aromatic heterocycles. The first-order chi connectivity index (χ1) is 23.8. The second-order valence-corrected chi connectivity index (χ2v) is 15.6. The van der Waals surface area contributed by atoms with Gasteiger partial charge in [0.1, 0.15) is 0 Å². The zero-order valence-electron chi connectivity index (χ0n) is 26.1. The molecule has 0 aliphatic heterocycles. The van der Waals surface area contributed by atoms with Gasteiger partial charge in [-0.15, -0.1) is 0 Å². The van der Waals surface area contributed by atoms with Crippen LogP contribution in [0.3, 0.4) is 0 Å². The van der Waals surface area contributed by atoms with Crippen molar-refractivity contribution in [3.63, 3.8) is 0 Å². The van der Waals surface area contributed by atoms with Crippen molar-refractivity contribution in [1.82, 2.24) is 4.57 Å². The van der Waals surface area contributed by atoms with Crippen LogP contribution in [0, 0.1) is 17.9 Å². The van der Waals surface area contributed by atoms with Crippen LogP contribution in [-0.2, 0) is 0 Å². The second-order valence-electron chi connectivity index (χ2n) is 11.9. The fourth-order valence-electron chi connectivity index (χ4n) is 7.43. The molecule has 0 saturated carbocycles. The summed E-state index contributed by atoms with van der Waals surface area (Å²) in [5.74, 6) is 0. The van der Waals surface area contributed by atoms with Gasteiger partial charge in [0, 0.05) is 16.3 Å². The van der Waals surface area contributed by atoms with Gasteiger partial charge in [-0.2, -0.15) is 5.26 Å². The molecule has 0 fully saturated rings. The number of aromatic nitrogens is 1. The third kappa shape index (κ3) is 4.48. The highest BCUT2D eigenvalue weighted by molar-refractivity contribution is 7.20. The molecular weight excluding hydrogens is 599 g/mol. The highest BCUT2D eigenvalue weighted by Crippen LogP contribution is 2.38. The van der Waals surface area contributed by atoms with Crippen LogP contribution in [0.1, 0.15) is 5.56 Å². The van der Waals surface area contributed by atoms with E-state index in [0.29, 0.717) is 11.3 Å². The highest BCUT2D eigenvalue weighted by atomic mass is 28.3. The first kappa shape index (κ1) is 29.0. The maximum absolute atomic E-state index is 11.3. The van der Waals surface area contributed by atoms with E-state index < -0.39 is 8.07 Å². The van der Waals surface area contributed by atoms with E-state index in [-0.39, 0.29) is 0 Å². The Bertz CT molecular complexity index is 2370. The lowest BCUT2D eigenvalue weighted by molar-refractivity contribution is 1.18. The van der Waals surface area contributed by atoms with E-state index in [9.17, 15) is 5.26 Å². The van der Waals surface area contributed by atoms with E-state index in [1.165, 1.54) is 10.8 Å². The summed E-state index contributed by atoms with van der Waals surface area (Å²) in [5, 5.41) is 18.0. The molecule has 7 aromatic carbocycles. The van der Waals surface area contributed by atoms with E-state index in [0.717, 1.165) is 48.6 Å². The molecule has 0 atom stereocenters. The fraction of sp³-hybridized carbons (Fsp3) is 0. The Balaban J connectivity index is 1.52. The zero-order chi connectivity index (χ0) is 32.5. The Labute approximate surface area is 281 Å². The summed E-state index contributed by atoms with van der Waals surface area (Å²) in [6.07, 6.45) is 0. The molecule has 0 radical (unpaired) electrons. The van der Waals surface area contributed by atoms with Crippen LogP contribution < -0.4 is 20.7 Å². The largest absolute Gasteiger partial charge is 0.309 e. The van der Waals surface area contributed by atoms with Gasteiger partial charge in [-0.05, 0) is 50.6 Å². The van der Waals surface area contributed by atoms with Crippen molar-refractivity contribution >= 4 is 56.3 Å². The summed E-state index contributed by atoms with van der Waals surface area (Å²) in [5.41, 5.74) is 5.92. The highest BCUT2D eigenvalue weighted by Gasteiger charge is 2.43. The molecule has 0 amide bonds. The number of benzene rings is 7. The monoisotopic (exact) mass is 627 g/mol. The van der Waals surface area contributed by atoms with Gasteiger partial charge >= 0.3 is 0 Å².